The zero-order valence-electron chi connectivity index (χ0n) is 6.76. The molecule has 0 saturated carbocycles. The van der Waals surface area contributed by atoms with Crippen LogP contribution in [0.3, 0.4) is 0 Å². The number of likely N-dealkylation sites (N-methyl/N-ethyl adjacent to an activating group) is 1. The van der Waals surface area contributed by atoms with E-state index in [4.69, 9.17) is 11.8 Å². The van der Waals surface area contributed by atoms with E-state index in [1.165, 1.54) is 14.2 Å². The fourth-order valence-corrected chi connectivity index (χ4v) is 1.30. The Morgan fingerprint density at radius 3 is 2.42 bits per heavy atom. The van der Waals surface area contributed by atoms with Crippen LogP contribution in [0.4, 0.5) is 0 Å². The molecule has 6 heteroatoms. The largest absolute Gasteiger partial charge is 0.467 e. The third-order valence-corrected chi connectivity index (χ3v) is 2.21. The molecule has 1 saturated heterocycles. The SMILES string of the molecule is CNC(=O)[C@@]1(C(=O)OC)CN1Cl. The molecule has 0 spiro atoms. The third kappa shape index (κ3) is 1.05. The summed E-state index contributed by atoms with van der Waals surface area (Å²) >= 11 is 5.53. The monoisotopic (exact) mass is 192 g/mol. The van der Waals surface area contributed by atoms with Gasteiger partial charge in [-0.25, -0.2) is 4.79 Å². The van der Waals surface area contributed by atoms with E-state index in [1.54, 1.807) is 0 Å². The maximum absolute atomic E-state index is 11.2. The summed E-state index contributed by atoms with van der Waals surface area (Å²) in [7, 11) is 2.66. The molecular weight excluding hydrogens is 184 g/mol. The average molecular weight is 193 g/mol. The molecule has 1 N–H and O–H groups in total. The zero-order chi connectivity index (χ0) is 9.35. The highest BCUT2D eigenvalue weighted by Gasteiger charge is 2.65. The molecule has 0 aliphatic carbocycles. The maximum Gasteiger partial charge on any atom is 0.338 e. The smallest absolute Gasteiger partial charge is 0.338 e. The topological polar surface area (TPSA) is 58.4 Å². The number of methoxy groups -OCH3 is 1. The molecule has 68 valence electrons. The average Bonchev–Trinajstić information content (AvgIpc) is 2.76. The summed E-state index contributed by atoms with van der Waals surface area (Å²) in [5.74, 6) is -1.07. The second kappa shape index (κ2) is 2.91. The second-order valence-electron chi connectivity index (χ2n) is 2.45. The van der Waals surface area contributed by atoms with Gasteiger partial charge in [0.2, 0.25) is 5.54 Å². The van der Waals surface area contributed by atoms with E-state index in [1.807, 2.05) is 0 Å². The quantitative estimate of drug-likeness (QED) is 0.267. The van der Waals surface area contributed by atoms with E-state index >= 15 is 0 Å². The Kier molecular flexibility index (Phi) is 2.25. The first-order chi connectivity index (χ1) is 5.59. The molecule has 1 fully saturated rings. The molecule has 1 aliphatic rings. The lowest BCUT2D eigenvalue weighted by atomic mass is 10.1. The van der Waals surface area contributed by atoms with Crippen molar-refractivity contribution in [2.75, 3.05) is 20.7 Å². The maximum atomic E-state index is 11.2. The molecule has 5 nitrogen and oxygen atoms in total. The van der Waals surface area contributed by atoms with E-state index < -0.39 is 17.4 Å². The summed E-state index contributed by atoms with van der Waals surface area (Å²) in [6.07, 6.45) is 0. The summed E-state index contributed by atoms with van der Waals surface area (Å²) in [6.45, 7) is 0.195. The normalized spacial score (nSPS) is 32.4. The molecule has 1 amide bonds. The van der Waals surface area contributed by atoms with E-state index in [9.17, 15) is 9.59 Å². The van der Waals surface area contributed by atoms with Crippen molar-refractivity contribution in [1.29, 1.82) is 0 Å². The van der Waals surface area contributed by atoms with Crippen LogP contribution < -0.4 is 5.32 Å². The van der Waals surface area contributed by atoms with Gasteiger partial charge in [0.1, 0.15) is 0 Å². The number of amides is 1. The number of hydrogen-bond donors (Lipinski definition) is 1. The van der Waals surface area contributed by atoms with Crippen molar-refractivity contribution in [1.82, 2.24) is 9.74 Å². The number of nitrogens with one attached hydrogen (secondary N) is 1. The number of ether oxygens (including phenoxy) is 1. The van der Waals surface area contributed by atoms with Crippen molar-refractivity contribution < 1.29 is 14.3 Å². The lowest BCUT2D eigenvalue weighted by Gasteiger charge is -2.09. The first-order valence-corrected chi connectivity index (χ1v) is 3.67. The van der Waals surface area contributed by atoms with Gasteiger partial charge in [0.05, 0.1) is 13.7 Å². The molecule has 1 aliphatic heterocycles. The van der Waals surface area contributed by atoms with Crippen LogP contribution in [0.25, 0.3) is 0 Å². The number of nitrogens with zero attached hydrogens (tertiary/aromatic N) is 1. The van der Waals surface area contributed by atoms with E-state index in [0.717, 1.165) is 4.42 Å². The summed E-state index contributed by atoms with van der Waals surface area (Å²) in [5.41, 5.74) is -1.29. The number of rotatable bonds is 2. The fraction of sp³-hybridized carbons (Fsp3) is 0.667. The minimum absolute atomic E-state index is 0.195. The summed E-state index contributed by atoms with van der Waals surface area (Å²) in [6, 6.07) is 0. The lowest BCUT2D eigenvalue weighted by Crippen LogP contribution is -2.44. The Morgan fingerprint density at radius 1 is 1.67 bits per heavy atom. The predicted octanol–water partition coefficient (Wildman–Crippen LogP) is -0.886. The second-order valence-corrected chi connectivity index (χ2v) is 2.86. The molecular formula is C6H9ClN2O3. The molecule has 1 rings (SSSR count). The molecule has 1 unspecified atom stereocenters. The first-order valence-electron chi connectivity index (χ1n) is 3.33. The summed E-state index contributed by atoms with van der Waals surface area (Å²) in [4.78, 5) is 22.3. The first kappa shape index (κ1) is 9.28. The van der Waals surface area contributed by atoms with E-state index in [0.29, 0.717) is 0 Å². The Hall–Kier alpha value is -0.810. The molecule has 0 aromatic heterocycles. The van der Waals surface area contributed by atoms with Crippen LogP contribution in [-0.4, -0.2) is 42.5 Å². The summed E-state index contributed by atoms with van der Waals surface area (Å²) in [5, 5.41) is 2.35. The third-order valence-electron chi connectivity index (χ3n) is 1.80. The Morgan fingerprint density at radius 2 is 2.17 bits per heavy atom. The number of hydrogen-bond acceptors (Lipinski definition) is 4. The Labute approximate surface area is 74.7 Å². The highest BCUT2D eigenvalue weighted by atomic mass is 35.5. The summed E-state index contributed by atoms with van der Waals surface area (Å²) < 4.78 is 5.55. The number of carbonyl (C=O) groups is 2. The molecule has 2 atom stereocenters. The van der Waals surface area contributed by atoms with Crippen LogP contribution in [0.2, 0.25) is 0 Å². The number of halogens is 1. The van der Waals surface area contributed by atoms with Crippen molar-refractivity contribution in [2.24, 2.45) is 0 Å². The van der Waals surface area contributed by atoms with Gasteiger partial charge in [-0.1, -0.05) is 0 Å². The minimum Gasteiger partial charge on any atom is -0.467 e. The van der Waals surface area contributed by atoms with Gasteiger partial charge >= 0.3 is 5.97 Å². The van der Waals surface area contributed by atoms with Crippen LogP contribution in [0.15, 0.2) is 0 Å². The lowest BCUT2D eigenvalue weighted by molar-refractivity contribution is -0.148. The van der Waals surface area contributed by atoms with Crippen LogP contribution >= 0.6 is 11.8 Å². The van der Waals surface area contributed by atoms with Crippen LogP contribution in [0.1, 0.15) is 0 Å². The van der Waals surface area contributed by atoms with Crippen molar-refractivity contribution in [3.8, 4) is 0 Å². The Bertz CT molecular complexity index is 215. The van der Waals surface area contributed by atoms with Crippen molar-refractivity contribution in [3.63, 3.8) is 0 Å². The standard InChI is InChI=1S/C6H9ClN2O3/c1-8-4(10)6(3-9(6)7)5(11)12-2/h3H2,1-2H3,(H,8,10)/t6-,9?/m1/s1. The van der Waals surface area contributed by atoms with Crippen molar-refractivity contribution >= 4 is 23.7 Å². The van der Waals surface area contributed by atoms with Crippen LogP contribution in [0.5, 0.6) is 0 Å². The van der Waals surface area contributed by atoms with Crippen molar-refractivity contribution in [3.05, 3.63) is 0 Å². The van der Waals surface area contributed by atoms with Gasteiger partial charge in [0.25, 0.3) is 5.91 Å². The molecule has 0 radical (unpaired) electrons. The highest BCUT2D eigenvalue weighted by Crippen LogP contribution is 2.35. The zero-order valence-corrected chi connectivity index (χ0v) is 7.51. The molecule has 0 bridgehead atoms. The van der Waals surface area contributed by atoms with Gasteiger partial charge < -0.3 is 10.1 Å². The molecule has 0 aromatic carbocycles. The van der Waals surface area contributed by atoms with Gasteiger partial charge in [-0.05, 0) is 11.8 Å². The molecule has 0 aromatic rings. The van der Waals surface area contributed by atoms with Gasteiger partial charge in [-0.3, -0.25) is 4.79 Å². The van der Waals surface area contributed by atoms with Crippen LogP contribution in [0, 0.1) is 0 Å². The van der Waals surface area contributed by atoms with Gasteiger partial charge in [0.15, 0.2) is 0 Å². The predicted molar refractivity (Wildman–Crippen MR) is 41.4 cm³/mol. The van der Waals surface area contributed by atoms with E-state index in [2.05, 4.69) is 10.1 Å². The van der Waals surface area contributed by atoms with E-state index in [-0.39, 0.29) is 6.54 Å². The number of esters is 1. The minimum atomic E-state index is -1.29. The van der Waals surface area contributed by atoms with Crippen molar-refractivity contribution in [2.45, 2.75) is 5.54 Å². The fourth-order valence-electron chi connectivity index (χ4n) is 0.979. The van der Waals surface area contributed by atoms with Gasteiger partial charge in [0, 0.05) is 7.05 Å². The number of carbonyl (C=O) groups excluding carboxylic acids is 2. The molecule has 1 heterocycles. The Balaban J connectivity index is 2.79. The van der Waals surface area contributed by atoms with Gasteiger partial charge in [-0.2, -0.15) is 4.42 Å². The van der Waals surface area contributed by atoms with Gasteiger partial charge in [-0.15, -0.1) is 0 Å². The molecule has 12 heavy (non-hydrogen) atoms. The van der Waals surface area contributed by atoms with Crippen LogP contribution in [-0.2, 0) is 14.3 Å². The highest BCUT2D eigenvalue weighted by molar-refractivity contribution is 6.25.